The molecule has 1 fully saturated rings. The number of nitrogens with zero attached hydrogens (tertiary/aromatic N) is 3. The fourth-order valence-corrected chi connectivity index (χ4v) is 4.42. The van der Waals surface area contributed by atoms with Crippen molar-refractivity contribution < 1.29 is 14.3 Å². The summed E-state index contributed by atoms with van der Waals surface area (Å²) in [5, 5.41) is 5.36. The number of aliphatic imine (C=N–C) groups is 1. The average Bonchev–Trinajstić information content (AvgIpc) is 3.24. The lowest BCUT2D eigenvalue weighted by molar-refractivity contribution is -0.128. The molecule has 2 amide bonds. The van der Waals surface area contributed by atoms with E-state index in [9.17, 15) is 9.59 Å². The first kappa shape index (κ1) is 19.4. The molecule has 1 aromatic carbocycles. The summed E-state index contributed by atoms with van der Waals surface area (Å²) in [7, 11) is 1.55. The molecule has 3 rings (SSSR count). The number of benzene rings is 1. The first-order valence-electron chi connectivity index (χ1n) is 8.42. The molecule has 1 N–H and O–H groups in total. The summed E-state index contributed by atoms with van der Waals surface area (Å²) in [5.74, 6) is 0.237. The number of thioether (sulfide) groups is 1. The Kier molecular flexibility index (Phi) is 6.12. The molecule has 142 valence electrons. The highest BCUT2D eigenvalue weighted by Crippen LogP contribution is 2.32. The van der Waals surface area contributed by atoms with E-state index < -0.39 is 5.25 Å². The Morgan fingerprint density at radius 3 is 2.93 bits per heavy atom. The van der Waals surface area contributed by atoms with E-state index in [-0.39, 0.29) is 18.2 Å². The van der Waals surface area contributed by atoms with Crippen molar-refractivity contribution in [1.82, 2.24) is 9.88 Å². The summed E-state index contributed by atoms with van der Waals surface area (Å²) in [4.78, 5) is 35.3. The summed E-state index contributed by atoms with van der Waals surface area (Å²) in [6.45, 7) is 4.32. The molecular weight excluding hydrogens is 384 g/mol. The molecule has 1 aliphatic rings. The third-order valence-electron chi connectivity index (χ3n) is 3.95. The Morgan fingerprint density at radius 1 is 1.44 bits per heavy atom. The van der Waals surface area contributed by atoms with Crippen LogP contribution in [0.5, 0.6) is 5.75 Å². The molecule has 0 saturated carbocycles. The maximum atomic E-state index is 12.6. The second kappa shape index (κ2) is 8.53. The fourth-order valence-electron chi connectivity index (χ4n) is 2.66. The highest BCUT2D eigenvalue weighted by Gasteiger charge is 2.38. The molecule has 27 heavy (non-hydrogen) atoms. The lowest BCUT2D eigenvalue weighted by atomic mass is 10.2. The summed E-state index contributed by atoms with van der Waals surface area (Å²) in [6, 6.07) is 5.55. The minimum Gasteiger partial charge on any atom is -0.495 e. The van der Waals surface area contributed by atoms with Gasteiger partial charge in [-0.25, -0.2) is 4.98 Å². The van der Waals surface area contributed by atoms with E-state index in [0.717, 1.165) is 5.56 Å². The number of nitrogens with one attached hydrogen (secondary N) is 1. The molecule has 1 saturated heterocycles. The van der Waals surface area contributed by atoms with Gasteiger partial charge in [0.1, 0.15) is 11.0 Å². The number of aromatic nitrogens is 1. The van der Waals surface area contributed by atoms with Gasteiger partial charge >= 0.3 is 0 Å². The van der Waals surface area contributed by atoms with Gasteiger partial charge in [-0.3, -0.25) is 14.5 Å². The van der Waals surface area contributed by atoms with E-state index in [4.69, 9.17) is 4.74 Å². The molecule has 2 aromatic rings. The molecule has 7 nitrogen and oxygen atoms in total. The Bertz CT molecular complexity index is 867. The van der Waals surface area contributed by atoms with Crippen molar-refractivity contribution in [2.75, 3.05) is 19.0 Å². The number of rotatable bonds is 6. The van der Waals surface area contributed by atoms with E-state index >= 15 is 0 Å². The van der Waals surface area contributed by atoms with Crippen LogP contribution in [0.1, 0.15) is 18.9 Å². The number of amidine groups is 1. The molecule has 0 bridgehead atoms. The summed E-state index contributed by atoms with van der Waals surface area (Å²) < 4.78 is 5.28. The smallest absolute Gasteiger partial charge is 0.242 e. The maximum Gasteiger partial charge on any atom is 0.242 e. The number of thiazole rings is 1. The molecule has 2 heterocycles. The van der Waals surface area contributed by atoms with Crippen LogP contribution in [-0.2, 0) is 9.59 Å². The zero-order valence-corrected chi connectivity index (χ0v) is 16.9. The predicted molar refractivity (Wildman–Crippen MR) is 109 cm³/mol. The first-order valence-corrected chi connectivity index (χ1v) is 10.2. The quantitative estimate of drug-likeness (QED) is 0.797. The second-order valence-corrected chi connectivity index (χ2v) is 7.90. The number of aryl methyl sites for hydroxylation is 1. The van der Waals surface area contributed by atoms with Gasteiger partial charge in [-0.15, -0.1) is 11.3 Å². The predicted octanol–water partition coefficient (Wildman–Crippen LogP) is 3.44. The number of carbonyl (C=O) groups excluding carboxylic acids is 2. The Labute approximate surface area is 165 Å². The van der Waals surface area contributed by atoms with Gasteiger partial charge in [0.05, 0.1) is 12.8 Å². The van der Waals surface area contributed by atoms with Gasteiger partial charge < -0.3 is 10.1 Å². The van der Waals surface area contributed by atoms with Crippen molar-refractivity contribution in [1.29, 1.82) is 0 Å². The van der Waals surface area contributed by atoms with Crippen LogP contribution in [0.15, 0.2) is 34.8 Å². The van der Waals surface area contributed by atoms with Gasteiger partial charge in [0, 0.05) is 24.5 Å². The Balaban J connectivity index is 1.71. The van der Waals surface area contributed by atoms with Crippen LogP contribution in [0.2, 0.25) is 0 Å². The van der Waals surface area contributed by atoms with Crippen LogP contribution >= 0.6 is 23.1 Å². The molecule has 1 aromatic heterocycles. The van der Waals surface area contributed by atoms with Gasteiger partial charge in [-0.05, 0) is 31.5 Å². The van der Waals surface area contributed by atoms with Gasteiger partial charge in [-0.2, -0.15) is 4.99 Å². The van der Waals surface area contributed by atoms with Crippen molar-refractivity contribution in [2.45, 2.75) is 25.5 Å². The van der Waals surface area contributed by atoms with Crippen LogP contribution in [0.25, 0.3) is 0 Å². The van der Waals surface area contributed by atoms with Crippen LogP contribution < -0.4 is 10.1 Å². The SMILES string of the molecule is CCN1C(=O)C(CC(=O)Nc2cc(C)ccc2OC)S/C1=N/c1nccs1. The number of amides is 2. The Morgan fingerprint density at radius 2 is 2.26 bits per heavy atom. The van der Waals surface area contributed by atoms with E-state index in [2.05, 4.69) is 15.3 Å². The molecule has 0 radical (unpaired) electrons. The standard InChI is InChI=1S/C18H20N4O3S2/c1-4-22-16(24)14(27-18(22)21-17-19-7-8-26-17)10-15(23)20-12-9-11(2)5-6-13(12)25-3/h5-9,14H,4,10H2,1-3H3,(H,20,23)/b21-18+. The zero-order chi connectivity index (χ0) is 19.4. The monoisotopic (exact) mass is 404 g/mol. The summed E-state index contributed by atoms with van der Waals surface area (Å²) in [6.07, 6.45) is 1.73. The molecule has 1 aliphatic heterocycles. The van der Waals surface area contributed by atoms with Crippen molar-refractivity contribution >= 4 is 50.9 Å². The van der Waals surface area contributed by atoms with Crippen molar-refractivity contribution in [2.24, 2.45) is 4.99 Å². The third-order valence-corrected chi connectivity index (χ3v) is 5.79. The number of hydrogen-bond donors (Lipinski definition) is 1. The molecule has 1 atom stereocenters. The zero-order valence-electron chi connectivity index (χ0n) is 15.3. The van der Waals surface area contributed by atoms with Crippen molar-refractivity contribution in [3.63, 3.8) is 0 Å². The maximum absolute atomic E-state index is 12.6. The largest absolute Gasteiger partial charge is 0.495 e. The van der Waals surface area contributed by atoms with Gasteiger partial charge in [0.15, 0.2) is 5.17 Å². The topological polar surface area (TPSA) is 83.9 Å². The highest BCUT2D eigenvalue weighted by molar-refractivity contribution is 8.15. The van der Waals surface area contributed by atoms with Crippen LogP contribution in [0.3, 0.4) is 0 Å². The van der Waals surface area contributed by atoms with Gasteiger partial charge in [0.25, 0.3) is 0 Å². The van der Waals surface area contributed by atoms with Gasteiger partial charge in [-0.1, -0.05) is 17.8 Å². The van der Waals surface area contributed by atoms with Crippen molar-refractivity contribution in [3.8, 4) is 5.75 Å². The van der Waals surface area contributed by atoms with Crippen LogP contribution in [-0.4, -0.2) is 45.8 Å². The van der Waals surface area contributed by atoms with Crippen LogP contribution in [0, 0.1) is 6.92 Å². The number of ether oxygens (including phenoxy) is 1. The number of carbonyl (C=O) groups is 2. The van der Waals surface area contributed by atoms with Crippen molar-refractivity contribution in [3.05, 3.63) is 35.3 Å². The minimum absolute atomic E-state index is 0.0635. The highest BCUT2D eigenvalue weighted by atomic mass is 32.2. The first-order chi connectivity index (χ1) is 13.0. The van der Waals surface area contributed by atoms with Crippen LogP contribution in [0.4, 0.5) is 10.8 Å². The van der Waals surface area contributed by atoms with E-state index in [0.29, 0.717) is 28.3 Å². The Hall–Kier alpha value is -2.39. The average molecular weight is 405 g/mol. The minimum atomic E-state index is -0.500. The number of methoxy groups -OCH3 is 1. The van der Waals surface area contributed by atoms with E-state index in [1.165, 1.54) is 23.1 Å². The number of anilines is 1. The van der Waals surface area contributed by atoms with E-state index in [1.807, 2.05) is 31.4 Å². The lowest BCUT2D eigenvalue weighted by Crippen LogP contribution is -2.33. The summed E-state index contributed by atoms with van der Waals surface area (Å²) >= 11 is 2.71. The van der Waals surface area contributed by atoms with Gasteiger partial charge in [0.2, 0.25) is 16.9 Å². The fraction of sp³-hybridized carbons (Fsp3) is 0.333. The lowest BCUT2D eigenvalue weighted by Gasteiger charge is -2.13. The molecule has 0 aliphatic carbocycles. The molecular formula is C18H20N4O3S2. The summed E-state index contributed by atoms with van der Waals surface area (Å²) in [5.41, 5.74) is 1.61. The molecule has 9 heteroatoms. The molecule has 0 spiro atoms. The third kappa shape index (κ3) is 4.48. The normalized spacial score (nSPS) is 18.2. The van der Waals surface area contributed by atoms with E-state index in [1.54, 1.807) is 24.3 Å². The second-order valence-electron chi connectivity index (χ2n) is 5.85. The number of hydrogen-bond acceptors (Lipinski definition) is 7. The molecule has 1 unspecified atom stereocenters.